The minimum Gasteiger partial charge on any atom is -0.335 e. The molecule has 4 heteroatoms. The number of hydrogen-bond donors (Lipinski definition) is 1. The summed E-state index contributed by atoms with van der Waals surface area (Å²) in [5.74, 6) is 1.63. The molecule has 1 N–H and O–H groups in total. The van der Waals surface area contributed by atoms with E-state index in [2.05, 4.69) is 9.97 Å². The summed E-state index contributed by atoms with van der Waals surface area (Å²) in [5.41, 5.74) is 0. The first-order valence-electron chi connectivity index (χ1n) is 4.20. The van der Waals surface area contributed by atoms with Crippen LogP contribution in [0.25, 0.3) is 0 Å². The molecule has 0 saturated carbocycles. The molecule has 0 aliphatic carbocycles. The average molecular weight is 186 g/mol. The molecule has 0 bridgehead atoms. The van der Waals surface area contributed by atoms with Crippen molar-refractivity contribution in [2.24, 2.45) is 0 Å². The molecule has 1 heterocycles. The minimum atomic E-state index is -0.882. The van der Waals surface area contributed by atoms with E-state index in [9.17, 15) is 4.21 Å². The van der Waals surface area contributed by atoms with Crippen molar-refractivity contribution < 1.29 is 4.21 Å². The molecule has 1 atom stereocenters. The molecular weight excluding hydrogens is 172 g/mol. The molecule has 1 aromatic rings. The third kappa shape index (κ3) is 2.17. The number of aryl methyl sites for hydroxylation is 1. The van der Waals surface area contributed by atoms with Gasteiger partial charge in [-0.15, -0.1) is 0 Å². The van der Waals surface area contributed by atoms with Gasteiger partial charge in [-0.1, -0.05) is 13.8 Å². The van der Waals surface area contributed by atoms with Gasteiger partial charge >= 0.3 is 0 Å². The van der Waals surface area contributed by atoms with Gasteiger partial charge in [0.05, 0.1) is 17.0 Å². The summed E-state index contributed by atoms with van der Waals surface area (Å²) in [6, 6.07) is 0. The Labute approximate surface area is 75.1 Å². The molecule has 1 aromatic heterocycles. The van der Waals surface area contributed by atoms with Gasteiger partial charge in [-0.3, -0.25) is 4.21 Å². The van der Waals surface area contributed by atoms with Crippen molar-refractivity contribution in [3.05, 3.63) is 12.0 Å². The van der Waals surface area contributed by atoms with Crippen LogP contribution in [0.3, 0.4) is 0 Å². The van der Waals surface area contributed by atoms with Crippen molar-refractivity contribution in [1.82, 2.24) is 9.97 Å². The van der Waals surface area contributed by atoms with E-state index in [1.54, 1.807) is 6.20 Å². The Balaban J connectivity index is 2.68. The molecule has 0 aliphatic heterocycles. The van der Waals surface area contributed by atoms with Crippen LogP contribution in [0.1, 0.15) is 26.1 Å². The first kappa shape index (κ1) is 9.45. The maximum atomic E-state index is 11.4. The third-order valence-electron chi connectivity index (χ3n) is 1.57. The zero-order valence-electron chi connectivity index (χ0n) is 7.46. The molecule has 0 radical (unpaired) electrons. The number of nitrogens with one attached hydrogen (secondary N) is 1. The predicted molar refractivity (Wildman–Crippen MR) is 49.5 cm³/mol. The van der Waals surface area contributed by atoms with Gasteiger partial charge in [0.2, 0.25) is 0 Å². The van der Waals surface area contributed by atoms with Gasteiger partial charge in [0.15, 0.2) is 0 Å². The van der Waals surface area contributed by atoms with Gasteiger partial charge in [0, 0.05) is 12.2 Å². The Morgan fingerprint density at radius 2 is 2.33 bits per heavy atom. The maximum absolute atomic E-state index is 11.4. The molecule has 68 valence electrons. The Hall–Kier alpha value is -0.640. The van der Waals surface area contributed by atoms with Crippen LogP contribution in [0.2, 0.25) is 0 Å². The second kappa shape index (κ2) is 4.40. The van der Waals surface area contributed by atoms with Crippen LogP contribution < -0.4 is 0 Å². The summed E-state index contributed by atoms with van der Waals surface area (Å²) >= 11 is 0. The Bertz CT molecular complexity index is 270. The summed E-state index contributed by atoms with van der Waals surface area (Å²) < 4.78 is 11.4. The highest BCUT2D eigenvalue weighted by Crippen LogP contribution is 2.04. The molecule has 3 nitrogen and oxygen atoms in total. The van der Waals surface area contributed by atoms with E-state index in [1.165, 1.54) is 0 Å². The van der Waals surface area contributed by atoms with E-state index in [0.29, 0.717) is 5.75 Å². The lowest BCUT2D eigenvalue weighted by molar-refractivity contribution is 0.679. The maximum Gasteiger partial charge on any atom is 0.123 e. The van der Waals surface area contributed by atoms with Gasteiger partial charge in [-0.25, -0.2) is 4.98 Å². The predicted octanol–water partition coefficient (Wildman–Crippen LogP) is 1.49. The van der Waals surface area contributed by atoms with Crippen LogP contribution in [0.15, 0.2) is 11.2 Å². The fourth-order valence-corrected chi connectivity index (χ4v) is 1.93. The summed E-state index contributed by atoms with van der Waals surface area (Å²) in [6.45, 7) is 4.04. The van der Waals surface area contributed by atoms with Gasteiger partial charge in [0.25, 0.3) is 0 Å². The number of nitrogens with zero attached hydrogens (tertiary/aromatic N) is 1. The number of aromatic nitrogens is 2. The molecule has 0 fully saturated rings. The highest BCUT2D eigenvalue weighted by atomic mass is 32.2. The van der Waals surface area contributed by atoms with Crippen molar-refractivity contribution >= 4 is 10.8 Å². The van der Waals surface area contributed by atoms with Crippen molar-refractivity contribution in [3.8, 4) is 0 Å². The lowest BCUT2D eigenvalue weighted by Gasteiger charge is -1.93. The molecule has 1 unspecified atom stereocenters. The van der Waals surface area contributed by atoms with Crippen LogP contribution in [0.5, 0.6) is 0 Å². The molecule has 1 rings (SSSR count). The van der Waals surface area contributed by atoms with Gasteiger partial charge in [0.1, 0.15) is 10.9 Å². The second-order valence-corrected chi connectivity index (χ2v) is 4.14. The van der Waals surface area contributed by atoms with Crippen LogP contribution in [-0.2, 0) is 17.2 Å². The zero-order chi connectivity index (χ0) is 8.97. The highest BCUT2D eigenvalue weighted by molar-refractivity contribution is 7.84. The van der Waals surface area contributed by atoms with E-state index in [4.69, 9.17) is 0 Å². The molecule has 0 amide bonds. The fraction of sp³-hybridized carbons (Fsp3) is 0.625. The summed E-state index contributed by atoms with van der Waals surface area (Å²) in [7, 11) is -0.882. The molecule has 12 heavy (non-hydrogen) atoms. The Kier molecular flexibility index (Phi) is 3.47. The normalized spacial score (nSPS) is 13.2. The quantitative estimate of drug-likeness (QED) is 0.774. The van der Waals surface area contributed by atoms with E-state index >= 15 is 0 Å². The van der Waals surface area contributed by atoms with E-state index in [0.717, 1.165) is 23.7 Å². The van der Waals surface area contributed by atoms with Crippen LogP contribution >= 0.6 is 0 Å². The first-order valence-corrected chi connectivity index (χ1v) is 5.52. The molecule has 0 saturated heterocycles. The molecule has 0 aromatic carbocycles. The number of rotatable bonds is 4. The average Bonchev–Trinajstić information content (AvgIpc) is 2.52. The first-order chi connectivity index (χ1) is 5.77. The standard InChI is InChI=1S/C8H14N2OS/c1-3-5-12(11)8-6-9-7(4-2)10-8/h6H,3-5H2,1-2H3,(H,9,10). The lowest BCUT2D eigenvalue weighted by Crippen LogP contribution is -1.96. The highest BCUT2D eigenvalue weighted by Gasteiger charge is 2.05. The van der Waals surface area contributed by atoms with Crippen LogP contribution in [0, 0.1) is 0 Å². The van der Waals surface area contributed by atoms with Gasteiger partial charge in [-0.2, -0.15) is 0 Å². The fourth-order valence-electron chi connectivity index (χ4n) is 0.934. The smallest absolute Gasteiger partial charge is 0.123 e. The van der Waals surface area contributed by atoms with Crippen molar-refractivity contribution in [2.75, 3.05) is 5.75 Å². The minimum absolute atomic E-state index is 0.714. The number of imidazole rings is 1. The second-order valence-electron chi connectivity index (χ2n) is 2.60. The van der Waals surface area contributed by atoms with Gasteiger partial charge in [-0.05, 0) is 6.42 Å². The van der Waals surface area contributed by atoms with Crippen LogP contribution in [0.4, 0.5) is 0 Å². The Morgan fingerprint density at radius 3 is 2.83 bits per heavy atom. The molecular formula is C8H14N2OS. The molecule has 0 aliphatic rings. The summed E-state index contributed by atoms with van der Waals surface area (Å²) in [5, 5.41) is 0.758. The van der Waals surface area contributed by atoms with Crippen molar-refractivity contribution in [2.45, 2.75) is 31.7 Å². The number of H-pyrrole nitrogens is 1. The van der Waals surface area contributed by atoms with E-state index < -0.39 is 10.8 Å². The summed E-state index contributed by atoms with van der Waals surface area (Å²) in [4.78, 5) is 7.13. The van der Waals surface area contributed by atoms with Crippen molar-refractivity contribution in [1.29, 1.82) is 0 Å². The van der Waals surface area contributed by atoms with E-state index in [1.807, 2.05) is 13.8 Å². The monoisotopic (exact) mass is 186 g/mol. The lowest BCUT2D eigenvalue weighted by atomic mass is 10.5. The largest absolute Gasteiger partial charge is 0.335 e. The summed E-state index contributed by atoms with van der Waals surface area (Å²) in [6.07, 6.45) is 3.47. The zero-order valence-corrected chi connectivity index (χ0v) is 8.28. The van der Waals surface area contributed by atoms with Gasteiger partial charge < -0.3 is 4.98 Å². The number of hydrogen-bond acceptors (Lipinski definition) is 2. The van der Waals surface area contributed by atoms with E-state index in [-0.39, 0.29) is 0 Å². The number of aromatic amines is 1. The Morgan fingerprint density at radius 1 is 1.58 bits per heavy atom. The SMILES string of the molecule is CCCS(=O)c1cnc(CC)[nH]1. The third-order valence-corrected chi connectivity index (χ3v) is 3.05. The topological polar surface area (TPSA) is 45.8 Å². The van der Waals surface area contributed by atoms with Crippen molar-refractivity contribution in [3.63, 3.8) is 0 Å². The molecule has 0 spiro atoms. The van der Waals surface area contributed by atoms with Crippen LogP contribution in [-0.4, -0.2) is 19.9 Å².